The second-order valence-electron chi connectivity index (χ2n) is 4.89. The second kappa shape index (κ2) is 6.03. The Labute approximate surface area is 109 Å². The van der Waals surface area contributed by atoms with Crippen molar-refractivity contribution in [2.45, 2.75) is 19.6 Å². The van der Waals surface area contributed by atoms with Gasteiger partial charge in [0.05, 0.1) is 6.21 Å². The molecule has 0 atom stereocenters. The summed E-state index contributed by atoms with van der Waals surface area (Å²) in [7, 11) is -1.35. The topological polar surface area (TPSA) is 76.8 Å². The first-order valence-electron chi connectivity index (χ1n) is 5.62. The molecule has 0 aromatic heterocycles. The van der Waals surface area contributed by atoms with Crippen molar-refractivity contribution in [3.63, 3.8) is 0 Å². The Bertz CT molecular complexity index is 526. The fourth-order valence-electron chi connectivity index (χ4n) is 1.12. The molecule has 0 saturated carbocycles. The molecule has 0 aliphatic heterocycles. The zero-order valence-corrected chi connectivity index (χ0v) is 11.9. The predicted molar refractivity (Wildman–Crippen MR) is 80.1 cm³/mol. The molecule has 0 unspecified atom stereocenters. The van der Waals surface area contributed by atoms with Crippen LogP contribution in [-0.4, -0.2) is 20.2 Å². The predicted octanol–water partition coefficient (Wildman–Crippen LogP) is 1.52. The SMILES string of the molecule is C[Si](C)(C)C#Cc1cccc(C=NN=C(N)N)c1. The average molecular weight is 258 g/mol. The maximum Gasteiger partial charge on any atom is 0.211 e. The molecular formula is C13H18N4Si. The van der Waals surface area contributed by atoms with E-state index in [1.165, 1.54) is 0 Å². The van der Waals surface area contributed by atoms with E-state index in [4.69, 9.17) is 11.5 Å². The maximum absolute atomic E-state index is 5.18. The summed E-state index contributed by atoms with van der Waals surface area (Å²) >= 11 is 0. The number of nitrogens with two attached hydrogens (primary N) is 2. The number of rotatable bonds is 2. The van der Waals surface area contributed by atoms with Gasteiger partial charge < -0.3 is 11.5 Å². The maximum atomic E-state index is 5.18. The molecule has 0 saturated heterocycles. The van der Waals surface area contributed by atoms with Gasteiger partial charge in [0.25, 0.3) is 0 Å². The van der Waals surface area contributed by atoms with E-state index in [1.807, 2.05) is 24.3 Å². The summed E-state index contributed by atoms with van der Waals surface area (Å²) in [5, 5.41) is 7.31. The van der Waals surface area contributed by atoms with Crippen molar-refractivity contribution in [3.8, 4) is 11.5 Å². The van der Waals surface area contributed by atoms with Gasteiger partial charge in [-0.1, -0.05) is 37.7 Å². The van der Waals surface area contributed by atoms with E-state index >= 15 is 0 Å². The molecule has 1 rings (SSSR count). The van der Waals surface area contributed by atoms with Crippen LogP contribution in [0.2, 0.25) is 19.6 Å². The zero-order chi connectivity index (χ0) is 13.6. The first-order chi connectivity index (χ1) is 8.37. The number of guanidine groups is 1. The summed E-state index contributed by atoms with van der Waals surface area (Å²) < 4.78 is 0. The normalized spacial score (nSPS) is 10.8. The first kappa shape index (κ1) is 14.0. The first-order valence-corrected chi connectivity index (χ1v) is 9.12. The zero-order valence-electron chi connectivity index (χ0n) is 10.9. The third-order valence-electron chi connectivity index (χ3n) is 1.85. The van der Waals surface area contributed by atoms with Crippen molar-refractivity contribution < 1.29 is 0 Å². The minimum Gasteiger partial charge on any atom is -0.369 e. The fourth-order valence-corrected chi connectivity index (χ4v) is 1.64. The average Bonchev–Trinajstić information content (AvgIpc) is 2.26. The van der Waals surface area contributed by atoms with Crippen LogP contribution >= 0.6 is 0 Å². The van der Waals surface area contributed by atoms with E-state index in [2.05, 4.69) is 41.3 Å². The quantitative estimate of drug-likeness (QED) is 0.277. The Hall–Kier alpha value is -2.06. The van der Waals surface area contributed by atoms with Crippen LogP contribution in [-0.2, 0) is 0 Å². The molecule has 18 heavy (non-hydrogen) atoms. The van der Waals surface area contributed by atoms with Crippen molar-refractivity contribution in [2.75, 3.05) is 0 Å². The molecule has 0 heterocycles. The van der Waals surface area contributed by atoms with Crippen LogP contribution in [0.1, 0.15) is 11.1 Å². The Morgan fingerprint density at radius 3 is 2.61 bits per heavy atom. The van der Waals surface area contributed by atoms with Gasteiger partial charge in [-0.2, -0.15) is 5.10 Å². The summed E-state index contributed by atoms with van der Waals surface area (Å²) in [6.07, 6.45) is 1.60. The van der Waals surface area contributed by atoms with Crippen molar-refractivity contribution in [3.05, 3.63) is 35.4 Å². The van der Waals surface area contributed by atoms with Gasteiger partial charge in [0.1, 0.15) is 8.07 Å². The van der Waals surface area contributed by atoms with Crippen molar-refractivity contribution >= 4 is 20.2 Å². The second-order valence-corrected chi connectivity index (χ2v) is 9.64. The van der Waals surface area contributed by atoms with Gasteiger partial charge in [-0.15, -0.1) is 10.6 Å². The van der Waals surface area contributed by atoms with E-state index in [-0.39, 0.29) is 5.96 Å². The molecular weight excluding hydrogens is 240 g/mol. The van der Waals surface area contributed by atoms with Crippen LogP contribution in [0.25, 0.3) is 0 Å². The lowest BCUT2D eigenvalue weighted by molar-refractivity contribution is 1.21. The highest BCUT2D eigenvalue weighted by atomic mass is 28.3. The van der Waals surface area contributed by atoms with Crippen LogP contribution < -0.4 is 11.5 Å². The third kappa shape index (κ3) is 5.87. The minimum atomic E-state index is -1.35. The van der Waals surface area contributed by atoms with Gasteiger partial charge >= 0.3 is 0 Å². The Morgan fingerprint density at radius 2 is 2.00 bits per heavy atom. The number of hydrogen-bond donors (Lipinski definition) is 2. The molecule has 0 aliphatic carbocycles. The Balaban J connectivity index is 2.89. The molecule has 4 nitrogen and oxygen atoms in total. The lowest BCUT2D eigenvalue weighted by atomic mass is 10.1. The molecule has 0 amide bonds. The van der Waals surface area contributed by atoms with Crippen LogP contribution in [0.3, 0.4) is 0 Å². The summed E-state index contributed by atoms with van der Waals surface area (Å²) in [5.41, 5.74) is 15.6. The Kier molecular flexibility index (Phi) is 4.69. The van der Waals surface area contributed by atoms with E-state index in [0.717, 1.165) is 11.1 Å². The van der Waals surface area contributed by atoms with Crippen LogP contribution in [0.5, 0.6) is 0 Å². The van der Waals surface area contributed by atoms with Crippen molar-refractivity contribution in [2.24, 2.45) is 21.7 Å². The summed E-state index contributed by atoms with van der Waals surface area (Å²) in [6.45, 7) is 6.64. The fraction of sp³-hybridized carbons (Fsp3) is 0.231. The monoisotopic (exact) mass is 258 g/mol. The molecule has 5 heteroatoms. The lowest BCUT2D eigenvalue weighted by Crippen LogP contribution is -2.21. The number of hydrogen-bond acceptors (Lipinski definition) is 2. The van der Waals surface area contributed by atoms with Gasteiger partial charge in [0.2, 0.25) is 5.96 Å². The third-order valence-corrected chi connectivity index (χ3v) is 2.72. The molecule has 1 aromatic rings. The number of nitrogens with zero attached hydrogens (tertiary/aromatic N) is 2. The van der Waals surface area contributed by atoms with Gasteiger partial charge in [0, 0.05) is 5.56 Å². The highest BCUT2D eigenvalue weighted by Crippen LogP contribution is 2.03. The van der Waals surface area contributed by atoms with Crippen molar-refractivity contribution in [1.82, 2.24) is 0 Å². The molecule has 0 radical (unpaired) electrons. The molecule has 0 aliphatic rings. The molecule has 0 spiro atoms. The molecule has 1 aromatic carbocycles. The van der Waals surface area contributed by atoms with E-state index in [9.17, 15) is 0 Å². The molecule has 94 valence electrons. The largest absolute Gasteiger partial charge is 0.369 e. The van der Waals surface area contributed by atoms with Gasteiger partial charge in [0.15, 0.2) is 0 Å². The summed E-state index contributed by atoms with van der Waals surface area (Å²) in [6, 6.07) is 7.79. The van der Waals surface area contributed by atoms with Gasteiger partial charge in [-0.05, 0) is 17.7 Å². The van der Waals surface area contributed by atoms with Crippen molar-refractivity contribution in [1.29, 1.82) is 0 Å². The highest BCUT2D eigenvalue weighted by Gasteiger charge is 2.07. The smallest absolute Gasteiger partial charge is 0.211 e. The van der Waals surface area contributed by atoms with Crippen LogP contribution in [0, 0.1) is 11.5 Å². The number of benzene rings is 1. The van der Waals surface area contributed by atoms with Gasteiger partial charge in [-0.3, -0.25) is 0 Å². The molecule has 4 N–H and O–H groups in total. The Morgan fingerprint density at radius 1 is 1.28 bits per heavy atom. The van der Waals surface area contributed by atoms with E-state index in [0.29, 0.717) is 0 Å². The summed E-state index contributed by atoms with van der Waals surface area (Å²) in [4.78, 5) is 0. The standard InChI is InChI=1S/C13H18N4Si/c1-18(2,3)8-7-11-5-4-6-12(9-11)10-16-17-13(14)15/h4-6,9-10H,1-3H3,(H4,14,15,17). The molecule has 0 bridgehead atoms. The highest BCUT2D eigenvalue weighted by molar-refractivity contribution is 6.83. The van der Waals surface area contributed by atoms with Crippen LogP contribution in [0.4, 0.5) is 0 Å². The molecule has 0 fully saturated rings. The summed E-state index contributed by atoms with van der Waals surface area (Å²) in [5.74, 6) is 3.13. The minimum absolute atomic E-state index is 0.0547. The van der Waals surface area contributed by atoms with E-state index in [1.54, 1.807) is 6.21 Å². The van der Waals surface area contributed by atoms with Gasteiger partial charge in [-0.25, -0.2) is 0 Å². The van der Waals surface area contributed by atoms with E-state index < -0.39 is 8.07 Å². The lowest BCUT2D eigenvalue weighted by Gasteiger charge is -2.03. The van der Waals surface area contributed by atoms with Crippen LogP contribution in [0.15, 0.2) is 34.5 Å².